The summed E-state index contributed by atoms with van der Waals surface area (Å²) in [4.78, 5) is 17.6. The van der Waals surface area contributed by atoms with Crippen LogP contribution in [0.5, 0.6) is 0 Å². The summed E-state index contributed by atoms with van der Waals surface area (Å²) in [6.07, 6.45) is 1.03. The monoisotopic (exact) mass is 281 g/mol. The van der Waals surface area contributed by atoms with Crippen molar-refractivity contribution in [2.24, 2.45) is 0 Å². The van der Waals surface area contributed by atoms with Gasteiger partial charge in [0.2, 0.25) is 0 Å². The van der Waals surface area contributed by atoms with E-state index in [1.807, 2.05) is 18.4 Å². The van der Waals surface area contributed by atoms with Crippen molar-refractivity contribution in [1.29, 1.82) is 0 Å². The lowest BCUT2D eigenvalue weighted by atomic mass is 10.2. The number of carbonyl (C=O) groups excluding carboxylic acids is 1. The number of thiophene rings is 1. The molecule has 1 aromatic rings. The van der Waals surface area contributed by atoms with E-state index in [0.29, 0.717) is 0 Å². The number of nitrogens with zero attached hydrogens (tertiary/aromatic N) is 2. The maximum absolute atomic E-state index is 11.9. The van der Waals surface area contributed by atoms with Gasteiger partial charge in [0.1, 0.15) is 0 Å². The number of rotatable bonds is 5. The highest BCUT2D eigenvalue weighted by Gasteiger charge is 2.13. The minimum atomic E-state index is 0.0749. The third-order valence-corrected chi connectivity index (χ3v) is 4.62. The third-order valence-electron chi connectivity index (χ3n) is 3.60. The Morgan fingerprint density at radius 2 is 2.11 bits per heavy atom. The van der Waals surface area contributed by atoms with Crippen molar-refractivity contribution in [3.05, 3.63) is 21.9 Å². The van der Waals surface area contributed by atoms with Crippen LogP contribution < -0.4 is 5.32 Å². The molecule has 0 unspecified atom stereocenters. The Balaban J connectivity index is 1.62. The summed E-state index contributed by atoms with van der Waals surface area (Å²) in [5.41, 5.74) is 1.07. The predicted octanol–water partition coefficient (Wildman–Crippen LogP) is 1.42. The van der Waals surface area contributed by atoms with Gasteiger partial charge in [0, 0.05) is 32.7 Å². The van der Waals surface area contributed by atoms with Gasteiger partial charge in [0.05, 0.1) is 4.88 Å². The van der Waals surface area contributed by atoms with Gasteiger partial charge in [-0.1, -0.05) is 0 Å². The smallest absolute Gasteiger partial charge is 0.261 e. The molecule has 106 valence electrons. The van der Waals surface area contributed by atoms with E-state index >= 15 is 0 Å². The van der Waals surface area contributed by atoms with Crippen LogP contribution in [0.1, 0.15) is 21.7 Å². The number of carbonyl (C=O) groups is 1. The van der Waals surface area contributed by atoms with Crippen molar-refractivity contribution in [2.75, 3.05) is 46.3 Å². The largest absolute Gasteiger partial charge is 0.351 e. The van der Waals surface area contributed by atoms with Gasteiger partial charge < -0.3 is 15.1 Å². The molecule has 1 aliphatic heterocycles. The zero-order valence-electron chi connectivity index (χ0n) is 11.8. The van der Waals surface area contributed by atoms with Gasteiger partial charge in [0.15, 0.2) is 0 Å². The summed E-state index contributed by atoms with van der Waals surface area (Å²) in [6, 6.07) is 1.99. The van der Waals surface area contributed by atoms with Crippen molar-refractivity contribution in [2.45, 2.75) is 13.3 Å². The maximum Gasteiger partial charge on any atom is 0.261 e. The molecule has 1 aromatic heterocycles. The molecule has 1 saturated heterocycles. The molecule has 1 amide bonds. The highest BCUT2D eigenvalue weighted by Crippen LogP contribution is 2.14. The van der Waals surface area contributed by atoms with Crippen LogP contribution in [-0.2, 0) is 0 Å². The van der Waals surface area contributed by atoms with Gasteiger partial charge in [-0.05, 0) is 43.9 Å². The van der Waals surface area contributed by atoms with E-state index in [2.05, 4.69) is 22.2 Å². The van der Waals surface area contributed by atoms with Crippen molar-refractivity contribution in [3.63, 3.8) is 0 Å². The first-order chi connectivity index (χ1) is 9.16. The molecule has 0 saturated carbocycles. The normalized spacial score (nSPS) is 17.6. The fourth-order valence-electron chi connectivity index (χ4n) is 2.26. The summed E-state index contributed by atoms with van der Waals surface area (Å²) in [5.74, 6) is 0.0749. The van der Waals surface area contributed by atoms with Crippen LogP contribution in [-0.4, -0.2) is 62.0 Å². The zero-order valence-corrected chi connectivity index (χ0v) is 12.6. The molecule has 5 heteroatoms. The van der Waals surface area contributed by atoms with Crippen LogP contribution in [0.15, 0.2) is 11.4 Å². The van der Waals surface area contributed by atoms with Gasteiger partial charge in [0.25, 0.3) is 5.91 Å². The van der Waals surface area contributed by atoms with Crippen LogP contribution in [0.4, 0.5) is 0 Å². The molecule has 1 aliphatic rings. The van der Waals surface area contributed by atoms with E-state index in [1.54, 1.807) is 0 Å². The van der Waals surface area contributed by atoms with Gasteiger partial charge in [-0.15, -0.1) is 11.3 Å². The Morgan fingerprint density at radius 1 is 1.37 bits per heavy atom. The molecule has 0 bridgehead atoms. The average molecular weight is 281 g/mol. The highest BCUT2D eigenvalue weighted by molar-refractivity contribution is 7.12. The molecule has 0 spiro atoms. The quantitative estimate of drug-likeness (QED) is 0.829. The molecule has 0 radical (unpaired) electrons. The molecule has 2 rings (SSSR count). The van der Waals surface area contributed by atoms with Crippen LogP contribution in [0.25, 0.3) is 0 Å². The van der Waals surface area contributed by atoms with Crippen LogP contribution in [0.3, 0.4) is 0 Å². The van der Waals surface area contributed by atoms with E-state index in [0.717, 1.165) is 56.1 Å². The van der Waals surface area contributed by atoms with Crippen LogP contribution in [0, 0.1) is 6.92 Å². The minimum absolute atomic E-state index is 0.0749. The third kappa shape index (κ3) is 4.30. The summed E-state index contributed by atoms with van der Waals surface area (Å²) in [5, 5.41) is 4.98. The van der Waals surface area contributed by atoms with Crippen molar-refractivity contribution in [1.82, 2.24) is 15.1 Å². The first kappa shape index (κ1) is 14.5. The summed E-state index contributed by atoms with van der Waals surface area (Å²) in [7, 11) is 2.17. The summed E-state index contributed by atoms with van der Waals surface area (Å²) < 4.78 is 0. The molecular formula is C14H23N3OS. The molecule has 0 atom stereocenters. The van der Waals surface area contributed by atoms with Crippen LogP contribution >= 0.6 is 11.3 Å². The Bertz CT molecular complexity index is 411. The van der Waals surface area contributed by atoms with Crippen molar-refractivity contribution >= 4 is 17.2 Å². The lowest BCUT2D eigenvalue weighted by Gasteiger charge is -2.32. The lowest BCUT2D eigenvalue weighted by Crippen LogP contribution is -2.45. The number of piperazine rings is 1. The Hall–Kier alpha value is -0.910. The molecule has 0 aromatic carbocycles. The Kier molecular flexibility index (Phi) is 5.36. The molecule has 2 heterocycles. The van der Waals surface area contributed by atoms with Gasteiger partial charge in [-0.25, -0.2) is 0 Å². The fourth-order valence-corrected chi connectivity index (χ4v) is 3.10. The molecule has 1 fully saturated rings. The van der Waals surface area contributed by atoms with Crippen molar-refractivity contribution < 1.29 is 4.79 Å². The zero-order chi connectivity index (χ0) is 13.7. The minimum Gasteiger partial charge on any atom is -0.351 e. The summed E-state index contributed by atoms with van der Waals surface area (Å²) in [6.45, 7) is 8.43. The Labute approximate surface area is 119 Å². The average Bonchev–Trinajstić information content (AvgIpc) is 2.83. The second-order valence-electron chi connectivity index (χ2n) is 5.19. The van der Waals surface area contributed by atoms with E-state index in [-0.39, 0.29) is 5.91 Å². The predicted molar refractivity (Wildman–Crippen MR) is 79.9 cm³/mol. The Morgan fingerprint density at radius 3 is 2.74 bits per heavy atom. The maximum atomic E-state index is 11.9. The van der Waals surface area contributed by atoms with E-state index in [4.69, 9.17) is 0 Å². The highest BCUT2D eigenvalue weighted by atomic mass is 32.1. The lowest BCUT2D eigenvalue weighted by molar-refractivity contribution is 0.0953. The van der Waals surface area contributed by atoms with E-state index < -0.39 is 0 Å². The first-order valence-electron chi connectivity index (χ1n) is 6.90. The standard InChI is InChI=1S/C14H23N3OS/c1-12-4-11-19-13(12)14(18)15-5-3-6-17-9-7-16(2)8-10-17/h4,11H,3,5-10H2,1-2H3,(H,15,18). The number of nitrogens with one attached hydrogen (secondary N) is 1. The van der Waals surface area contributed by atoms with Crippen molar-refractivity contribution in [3.8, 4) is 0 Å². The molecular weight excluding hydrogens is 258 g/mol. The SMILES string of the molecule is Cc1ccsc1C(=O)NCCCN1CCN(C)CC1. The first-order valence-corrected chi connectivity index (χ1v) is 7.78. The van der Waals surface area contributed by atoms with E-state index in [9.17, 15) is 4.79 Å². The number of hydrogen-bond donors (Lipinski definition) is 1. The van der Waals surface area contributed by atoms with Gasteiger partial charge >= 0.3 is 0 Å². The van der Waals surface area contributed by atoms with Gasteiger partial charge in [-0.3, -0.25) is 4.79 Å². The molecule has 1 N–H and O–H groups in total. The van der Waals surface area contributed by atoms with Crippen LogP contribution in [0.2, 0.25) is 0 Å². The van der Waals surface area contributed by atoms with E-state index in [1.165, 1.54) is 11.3 Å². The number of aryl methyl sites for hydroxylation is 1. The summed E-state index contributed by atoms with van der Waals surface area (Å²) >= 11 is 1.52. The number of likely N-dealkylation sites (N-methyl/N-ethyl adjacent to an activating group) is 1. The second kappa shape index (κ2) is 7.03. The topological polar surface area (TPSA) is 35.6 Å². The molecule has 4 nitrogen and oxygen atoms in total. The second-order valence-corrected chi connectivity index (χ2v) is 6.10. The fraction of sp³-hybridized carbons (Fsp3) is 0.643. The number of amides is 1. The van der Waals surface area contributed by atoms with Gasteiger partial charge in [-0.2, -0.15) is 0 Å². The number of hydrogen-bond acceptors (Lipinski definition) is 4. The molecule has 0 aliphatic carbocycles. The molecule has 19 heavy (non-hydrogen) atoms.